The van der Waals surface area contributed by atoms with Crippen LogP contribution in [0.25, 0.3) is 21.8 Å². The Kier molecular flexibility index (Phi) is 30.6. The van der Waals surface area contributed by atoms with Gasteiger partial charge in [-0.05, 0) is 135 Å². The van der Waals surface area contributed by atoms with Gasteiger partial charge >= 0.3 is 11.9 Å². The molecule has 108 heavy (non-hydrogen) atoms. The number of aliphatic carboxylic acids is 2. The summed E-state index contributed by atoms with van der Waals surface area (Å²) >= 11 is 0. The van der Waals surface area contributed by atoms with Gasteiger partial charge in [-0.15, -0.1) is 0 Å². The first-order valence-corrected chi connectivity index (χ1v) is 35.9. The fourth-order valence-corrected chi connectivity index (χ4v) is 12.5. The number of nitrogens with one attached hydrogen (secondary N) is 12. The molecule has 8 rings (SSSR count). The minimum Gasteiger partial charge on any atom is -0.508 e. The monoisotopic (exact) mass is 1480 g/mol. The van der Waals surface area contributed by atoms with Crippen LogP contribution in [0, 0.1) is 5.92 Å². The van der Waals surface area contributed by atoms with E-state index >= 15 is 14.4 Å². The van der Waals surface area contributed by atoms with Crippen molar-refractivity contribution in [2.45, 2.75) is 164 Å². The molecule has 22 N–H and O–H groups in total. The molecule has 0 aliphatic carbocycles. The van der Waals surface area contributed by atoms with Crippen molar-refractivity contribution in [2.75, 3.05) is 13.1 Å². The number of phenolic OH excluding ortho intramolecular Hbond substituents is 2. The summed E-state index contributed by atoms with van der Waals surface area (Å²) in [7, 11) is 0. The molecule has 31 heteroatoms. The molecule has 0 aliphatic rings. The molecule has 574 valence electrons. The van der Waals surface area contributed by atoms with Crippen LogP contribution in [0.5, 0.6) is 11.5 Å². The lowest BCUT2D eigenvalue weighted by molar-refractivity contribution is -0.143. The lowest BCUT2D eigenvalue weighted by Crippen LogP contribution is -2.61. The van der Waals surface area contributed by atoms with E-state index in [1.54, 1.807) is 103 Å². The minimum atomic E-state index is -1.93. The van der Waals surface area contributed by atoms with Gasteiger partial charge in [0.25, 0.3) is 0 Å². The van der Waals surface area contributed by atoms with E-state index in [9.17, 15) is 58.8 Å². The van der Waals surface area contributed by atoms with Gasteiger partial charge in [0.15, 0.2) is 0 Å². The number of hydrogen-bond donors (Lipinski definition) is 19. The number of carboxylic acid groups (broad SMARTS) is 2. The van der Waals surface area contributed by atoms with E-state index in [1.807, 2.05) is 13.8 Å². The van der Waals surface area contributed by atoms with Crippen molar-refractivity contribution < 1.29 is 73.2 Å². The zero-order chi connectivity index (χ0) is 77.8. The number of imidazole rings is 1. The Morgan fingerprint density at radius 3 is 1.25 bits per heavy atom. The van der Waals surface area contributed by atoms with Gasteiger partial charge in [-0.25, -0.2) is 9.78 Å². The number of fused-ring (bicyclic) bond motifs is 2. The number of aromatic hydroxyl groups is 2. The van der Waals surface area contributed by atoms with Gasteiger partial charge in [0.1, 0.15) is 65.9 Å². The second kappa shape index (κ2) is 40.5. The highest BCUT2D eigenvalue weighted by atomic mass is 16.4. The zero-order valence-corrected chi connectivity index (χ0v) is 60.1. The maximum atomic E-state index is 15.6. The summed E-state index contributed by atoms with van der Waals surface area (Å²) in [5.41, 5.74) is 22.1. The standard InChI is InChI=1S/C77H96N16O15/c1-44(2)32-60(88-71(101)61(34-45-14-4-3-5-15-45)87-68(98)55(80)33-46-22-26-51(94)27-23-46)70(100)92-65(38-50-42-81-43-84-50)75(105)91-64(37-49-41-83-57-19-9-7-17-54(49)57)74(104)90-63(36-48-40-82-56-18-8-6-16-53(48)56)73(103)89-62(35-47-24-28-52(95)29-25-47)72(102)93-66(39-67(96)97)76(106)85-58(20-10-12-30-78)69(99)86-59(77(107)108)21-11-13-31-79/h3-9,14-19,22-29,40-44,55,58-66,82-83,94-95H,10-13,20-21,30-39,78-80H2,1-2H3,(H,81,84)(H,85,106)(H,86,99)(H,87,98)(H,88,101)(H,89,103)(H,90,104)(H,91,105)(H,92,100)(H,93,102)(H,96,97)(H,107,108)/t55-,58-,59-,60-,61-,62-,63-,64-,65-,66-/m0/s1. The Morgan fingerprint density at radius 1 is 0.407 bits per heavy atom. The van der Waals surface area contributed by atoms with Crippen molar-refractivity contribution in [1.29, 1.82) is 0 Å². The summed E-state index contributed by atoms with van der Waals surface area (Å²) in [4.78, 5) is 171. The maximum absolute atomic E-state index is 15.6. The first-order valence-electron chi connectivity index (χ1n) is 35.9. The van der Waals surface area contributed by atoms with Crippen LogP contribution in [-0.4, -0.2) is 179 Å². The molecule has 10 atom stereocenters. The van der Waals surface area contributed by atoms with E-state index in [2.05, 4.69) is 67.8 Å². The topological polar surface area (TPSA) is 515 Å². The quantitative estimate of drug-likeness (QED) is 0.0243. The number of phenols is 2. The van der Waals surface area contributed by atoms with Gasteiger partial charge in [-0.3, -0.25) is 47.9 Å². The summed E-state index contributed by atoms with van der Waals surface area (Å²) in [6.45, 7) is 4.11. The summed E-state index contributed by atoms with van der Waals surface area (Å²) in [5, 5.41) is 65.8. The zero-order valence-electron chi connectivity index (χ0n) is 60.1. The number of carboxylic acids is 2. The molecule has 3 aromatic heterocycles. The molecule has 0 saturated heterocycles. The van der Waals surface area contributed by atoms with Crippen molar-refractivity contribution in [3.05, 3.63) is 186 Å². The second-order valence-electron chi connectivity index (χ2n) is 27.1. The number of amides is 9. The minimum absolute atomic E-state index is 0.00793. The fraction of sp³-hybridized carbons (Fsp3) is 0.377. The normalized spacial score (nSPS) is 14.1. The Hall–Kier alpha value is -12.0. The smallest absolute Gasteiger partial charge is 0.326 e. The Morgan fingerprint density at radius 2 is 0.787 bits per heavy atom. The third-order valence-corrected chi connectivity index (χ3v) is 18.2. The van der Waals surface area contributed by atoms with Crippen molar-refractivity contribution >= 4 is 86.9 Å². The van der Waals surface area contributed by atoms with Crippen molar-refractivity contribution in [3.8, 4) is 11.5 Å². The third-order valence-electron chi connectivity index (χ3n) is 18.2. The SMILES string of the molecule is CC(C)C[C@H](NC(=O)[C@H](Cc1ccccc1)NC(=O)[C@@H](N)Cc1ccc(O)cc1)C(=O)N[C@@H](Cc1cnc[nH]1)C(=O)N[C@@H](Cc1c[nH]c2ccccc12)C(=O)N[C@@H](Cc1c[nH]c2ccccc12)C(=O)N[C@@H](Cc1ccc(O)cc1)C(=O)N[C@@H](CC(=O)O)C(=O)N[C@@H](CCCCN)C(=O)N[C@@H](CCCCN)C(=O)O. The van der Waals surface area contributed by atoms with Crippen molar-refractivity contribution in [3.63, 3.8) is 0 Å². The third kappa shape index (κ3) is 24.8. The summed E-state index contributed by atoms with van der Waals surface area (Å²) in [5.74, 6) is -11.5. The molecule has 9 amide bonds. The van der Waals surface area contributed by atoms with Gasteiger partial charge in [0.2, 0.25) is 53.2 Å². The van der Waals surface area contributed by atoms with Crippen LogP contribution in [0.2, 0.25) is 0 Å². The molecule has 8 aromatic rings. The number of carbonyl (C=O) groups excluding carboxylic acids is 9. The van der Waals surface area contributed by atoms with Crippen LogP contribution in [0.1, 0.15) is 98.7 Å². The number of aromatic nitrogens is 4. The van der Waals surface area contributed by atoms with Gasteiger partial charge in [0.05, 0.1) is 18.8 Å². The number of para-hydroxylation sites is 2. The van der Waals surface area contributed by atoms with Crippen LogP contribution in [-0.2, 0) is 91.3 Å². The van der Waals surface area contributed by atoms with Crippen LogP contribution in [0.3, 0.4) is 0 Å². The van der Waals surface area contributed by atoms with E-state index in [0.29, 0.717) is 74.6 Å². The molecule has 0 spiro atoms. The van der Waals surface area contributed by atoms with Gasteiger partial charge < -0.3 is 100 Å². The lowest BCUT2D eigenvalue weighted by atomic mass is 9.99. The van der Waals surface area contributed by atoms with Gasteiger partial charge in [-0.1, -0.05) is 105 Å². The van der Waals surface area contributed by atoms with Crippen LogP contribution in [0.4, 0.5) is 0 Å². The largest absolute Gasteiger partial charge is 0.508 e. The molecular formula is C77H96N16O15. The molecule has 0 bridgehead atoms. The number of hydrogen-bond acceptors (Lipinski definition) is 17. The van der Waals surface area contributed by atoms with Crippen molar-refractivity contribution in [2.24, 2.45) is 23.1 Å². The van der Waals surface area contributed by atoms with Gasteiger partial charge in [0, 0.05) is 78.2 Å². The number of H-pyrrole nitrogens is 3. The predicted molar refractivity (Wildman–Crippen MR) is 401 cm³/mol. The van der Waals surface area contributed by atoms with E-state index in [0.717, 1.165) is 0 Å². The second-order valence-corrected chi connectivity index (χ2v) is 27.1. The van der Waals surface area contributed by atoms with Crippen LogP contribution in [0.15, 0.2) is 152 Å². The molecule has 0 saturated carbocycles. The number of benzene rings is 5. The average Bonchev–Trinajstić information content (AvgIpc) is 1.61. The molecule has 0 radical (unpaired) electrons. The first kappa shape index (κ1) is 81.7. The first-order chi connectivity index (χ1) is 51.8. The highest BCUT2D eigenvalue weighted by Gasteiger charge is 2.38. The number of carbonyl (C=O) groups is 11. The average molecular weight is 1490 g/mol. The van der Waals surface area contributed by atoms with E-state index in [4.69, 9.17) is 17.2 Å². The number of aromatic amines is 3. The predicted octanol–water partition coefficient (Wildman–Crippen LogP) is 2.09. The number of nitrogens with zero attached hydrogens (tertiary/aromatic N) is 1. The van der Waals surface area contributed by atoms with Gasteiger partial charge in [-0.2, -0.15) is 0 Å². The maximum Gasteiger partial charge on any atom is 0.326 e. The lowest BCUT2D eigenvalue weighted by Gasteiger charge is -2.28. The Balaban J connectivity index is 1.10. The molecule has 0 fully saturated rings. The number of unbranched alkanes of at least 4 members (excludes halogenated alkanes) is 2. The number of nitrogens with two attached hydrogens (primary N) is 3. The Labute approximate surface area is 622 Å². The van der Waals surface area contributed by atoms with E-state index < -0.39 is 132 Å². The number of rotatable bonds is 43. The highest BCUT2D eigenvalue weighted by molar-refractivity contribution is 6.00. The summed E-state index contributed by atoms with van der Waals surface area (Å²) < 4.78 is 0. The van der Waals surface area contributed by atoms with Crippen LogP contribution < -0.4 is 65.1 Å². The summed E-state index contributed by atoms with van der Waals surface area (Å²) in [6.07, 6.45) is 5.37. The molecule has 5 aromatic carbocycles. The van der Waals surface area contributed by atoms with Crippen molar-refractivity contribution in [1.82, 2.24) is 67.8 Å². The van der Waals surface area contributed by atoms with Crippen LogP contribution >= 0.6 is 0 Å². The highest BCUT2D eigenvalue weighted by Crippen LogP contribution is 2.23. The molecule has 0 aliphatic heterocycles. The summed E-state index contributed by atoms with van der Waals surface area (Å²) in [6, 6.07) is 19.9. The molecule has 31 nitrogen and oxygen atoms in total. The van der Waals surface area contributed by atoms with E-state index in [1.165, 1.54) is 48.9 Å². The fourth-order valence-electron chi connectivity index (χ4n) is 12.5. The Bertz CT molecular complexity index is 4340. The molecule has 0 unspecified atom stereocenters. The van der Waals surface area contributed by atoms with E-state index in [-0.39, 0.29) is 94.7 Å². The molecule has 3 heterocycles. The molecular weight excluding hydrogens is 1390 g/mol.